The van der Waals surface area contributed by atoms with Gasteiger partial charge in [-0.05, 0) is 31.6 Å². The van der Waals surface area contributed by atoms with Gasteiger partial charge in [0, 0.05) is 19.0 Å². The molecule has 2 aliphatic rings. The van der Waals surface area contributed by atoms with Crippen molar-refractivity contribution >= 4 is 17.7 Å². The number of hydrogen-bond acceptors (Lipinski definition) is 4. The quantitative estimate of drug-likeness (QED) is 0.866. The van der Waals surface area contributed by atoms with Gasteiger partial charge in [-0.15, -0.1) is 10.2 Å². The Morgan fingerprint density at radius 1 is 1.23 bits per heavy atom. The highest BCUT2D eigenvalue weighted by atomic mass is 32.2. The van der Waals surface area contributed by atoms with Crippen molar-refractivity contribution in [2.24, 2.45) is 5.92 Å². The molecule has 6 heteroatoms. The van der Waals surface area contributed by atoms with Crippen molar-refractivity contribution < 1.29 is 4.79 Å². The number of nitrogens with zero attached hydrogens (tertiary/aromatic N) is 3. The van der Waals surface area contributed by atoms with E-state index in [1.807, 2.05) is 0 Å². The predicted molar refractivity (Wildman–Crippen MR) is 87.9 cm³/mol. The monoisotopic (exact) mass is 322 g/mol. The highest BCUT2D eigenvalue weighted by molar-refractivity contribution is 7.99. The molecule has 1 amide bonds. The molecule has 2 atom stereocenters. The summed E-state index contributed by atoms with van der Waals surface area (Å²) in [7, 11) is 0. The van der Waals surface area contributed by atoms with Gasteiger partial charge in [0.25, 0.3) is 0 Å². The molecule has 0 aromatic carbocycles. The van der Waals surface area contributed by atoms with Gasteiger partial charge >= 0.3 is 0 Å². The van der Waals surface area contributed by atoms with Gasteiger partial charge in [0.2, 0.25) is 5.91 Å². The van der Waals surface area contributed by atoms with E-state index in [1.165, 1.54) is 50.3 Å². The van der Waals surface area contributed by atoms with E-state index >= 15 is 0 Å². The number of aromatic nitrogens is 3. The zero-order valence-electron chi connectivity index (χ0n) is 13.4. The van der Waals surface area contributed by atoms with Crippen LogP contribution in [0.5, 0.6) is 0 Å². The Hall–Kier alpha value is -1.04. The number of carbonyl (C=O) groups is 1. The molecule has 0 unspecified atom stereocenters. The lowest BCUT2D eigenvalue weighted by atomic mass is 9.86. The van der Waals surface area contributed by atoms with Crippen LogP contribution in [0.2, 0.25) is 0 Å². The second kappa shape index (κ2) is 7.49. The zero-order valence-corrected chi connectivity index (χ0v) is 14.2. The number of rotatable bonds is 4. The Kier molecular flexibility index (Phi) is 5.39. The second-order valence-electron chi connectivity index (χ2n) is 6.59. The maximum absolute atomic E-state index is 12.2. The van der Waals surface area contributed by atoms with Crippen LogP contribution in [0.25, 0.3) is 0 Å². The smallest absolute Gasteiger partial charge is 0.230 e. The van der Waals surface area contributed by atoms with Crippen LogP contribution in [-0.2, 0) is 17.8 Å². The lowest BCUT2D eigenvalue weighted by Crippen LogP contribution is -2.41. The van der Waals surface area contributed by atoms with E-state index < -0.39 is 0 Å². The highest BCUT2D eigenvalue weighted by Gasteiger charge is 2.23. The summed E-state index contributed by atoms with van der Waals surface area (Å²) in [4.78, 5) is 12.2. The number of amides is 1. The van der Waals surface area contributed by atoms with Gasteiger partial charge in [-0.2, -0.15) is 0 Å². The molecule has 5 nitrogen and oxygen atoms in total. The molecule has 1 N–H and O–H groups in total. The molecule has 22 heavy (non-hydrogen) atoms. The summed E-state index contributed by atoms with van der Waals surface area (Å²) in [6, 6.07) is 0.359. The summed E-state index contributed by atoms with van der Waals surface area (Å²) in [6.07, 6.45) is 9.54. The normalized spacial score (nSPS) is 25.3. The minimum atomic E-state index is 0.134. The van der Waals surface area contributed by atoms with Crippen LogP contribution < -0.4 is 5.32 Å². The summed E-state index contributed by atoms with van der Waals surface area (Å²) in [5.41, 5.74) is 0. The number of nitrogens with one attached hydrogen (secondary N) is 1. The summed E-state index contributed by atoms with van der Waals surface area (Å²) in [6.45, 7) is 3.24. The molecule has 0 spiro atoms. The van der Waals surface area contributed by atoms with E-state index in [4.69, 9.17) is 0 Å². The van der Waals surface area contributed by atoms with Crippen LogP contribution in [0.15, 0.2) is 5.16 Å². The Morgan fingerprint density at radius 2 is 2.09 bits per heavy atom. The third-order valence-corrected chi connectivity index (χ3v) is 5.83. The van der Waals surface area contributed by atoms with Crippen molar-refractivity contribution in [3.05, 3.63) is 5.82 Å². The van der Waals surface area contributed by atoms with Gasteiger partial charge in [-0.1, -0.05) is 37.9 Å². The molecule has 1 aromatic rings. The third-order valence-electron chi connectivity index (χ3n) is 4.87. The molecule has 3 rings (SSSR count). The molecule has 0 saturated heterocycles. The van der Waals surface area contributed by atoms with E-state index in [-0.39, 0.29) is 5.91 Å². The fraction of sp³-hybridized carbons (Fsp3) is 0.812. The number of hydrogen-bond donors (Lipinski definition) is 1. The average Bonchev–Trinajstić information content (AvgIpc) is 2.75. The van der Waals surface area contributed by atoms with Crippen molar-refractivity contribution in [2.75, 3.05) is 5.75 Å². The van der Waals surface area contributed by atoms with Crippen molar-refractivity contribution in [1.82, 2.24) is 20.1 Å². The highest BCUT2D eigenvalue weighted by Crippen LogP contribution is 2.25. The van der Waals surface area contributed by atoms with Crippen LogP contribution >= 0.6 is 11.8 Å². The molecule has 1 aliphatic carbocycles. The summed E-state index contributed by atoms with van der Waals surface area (Å²) in [5.74, 6) is 2.27. The first-order chi connectivity index (χ1) is 10.7. The summed E-state index contributed by atoms with van der Waals surface area (Å²) >= 11 is 1.53. The number of aryl methyl sites for hydroxylation is 1. The molecule has 1 aliphatic heterocycles. The SMILES string of the molecule is C[C@@H]1CCCC[C@@H]1NC(=O)CSc1nnc2n1CCCCC2. The fourth-order valence-electron chi connectivity index (χ4n) is 3.47. The topological polar surface area (TPSA) is 59.8 Å². The van der Waals surface area contributed by atoms with E-state index in [0.717, 1.165) is 30.4 Å². The largest absolute Gasteiger partial charge is 0.352 e. The molecular weight excluding hydrogens is 296 g/mol. The third kappa shape index (κ3) is 3.83. The van der Waals surface area contributed by atoms with E-state index in [2.05, 4.69) is 27.0 Å². The lowest BCUT2D eigenvalue weighted by molar-refractivity contribution is -0.119. The van der Waals surface area contributed by atoms with Gasteiger partial charge < -0.3 is 9.88 Å². The standard InChI is InChI=1S/C16H26N4OS/c1-12-7-4-5-8-13(12)17-15(21)11-22-16-19-18-14-9-3-2-6-10-20(14)16/h12-13H,2-11H2,1H3,(H,17,21)/t12-,13+/m1/s1. The molecule has 122 valence electrons. The van der Waals surface area contributed by atoms with Gasteiger partial charge in [-0.25, -0.2) is 0 Å². The number of thioether (sulfide) groups is 1. The van der Waals surface area contributed by atoms with Crippen LogP contribution in [0.4, 0.5) is 0 Å². The number of carbonyl (C=O) groups excluding carboxylic acids is 1. The predicted octanol–water partition coefficient (Wildman–Crippen LogP) is 2.79. The van der Waals surface area contributed by atoms with E-state index in [1.54, 1.807) is 0 Å². The Balaban J connectivity index is 1.52. The van der Waals surface area contributed by atoms with Gasteiger partial charge in [0.1, 0.15) is 5.82 Å². The first-order valence-electron chi connectivity index (χ1n) is 8.58. The van der Waals surface area contributed by atoms with Gasteiger partial charge in [0.15, 0.2) is 5.16 Å². The molecular formula is C16H26N4OS. The van der Waals surface area contributed by atoms with Crippen molar-refractivity contribution in [3.8, 4) is 0 Å². The van der Waals surface area contributed by atoms with Crippen molar-refractivity contribution in [3.63, 3.8) is 0 Å². The Labute approximate surface area is 136 Å². The van der Waals surface area contributed by atoms with Crippen LogP contribution in [0, 0.1) is 5.92 Å². The van der Waals surface area contributed by atoms with Crippen LogP contribution in [-0.4, -0.2) is 32.5 Å². The van der Waals surface area contributed by atoms with Crippen molar-refractivity contribution in [2.45, 2.75) is 76.0 Å². The Bertz CT molecular complexity index is 516. The van der Waals surface area contributed by atoms with Crippen LogP contribution in [0.1, 0.15) is 57.7 Å². The second-order valence-corrected chi connectivity index (χ2v) is 7.53. The van der Waals surface area contributed by atoms with Gasteiger partial charge in [0.05, 0.1) is 5.75 Å². The zero-order chi connectivity index (χ0) is 15.4. The summed E-state index contributed by atoms with van der Waals surface area (Å²) in [5, 5.41) is 12.7. The first-order valence-corrected chi connectivity index (χ1v) is 9.57. The van der Waals surface area contributed by atoms with Crippen LogP contribution in [0.3, 0.4) is 0 Å². The van der Waals surface area contributed by atoms with Gasteiger partial charge in [-0.3, -0.25) is 4.79 Å². The fourth-order valence-corrected chi connectivity index (χ4v) is 4.27. The first kappa shape index (κ1) is 15.8. The van der Waals surface area contributed by atoms with E-state index in [9.17, 15) is 4.79 Å². The minimum Gasteiger partial charge on any atom is -0.352 e. The molecule has 1 fully saturated rings. The molecule has 0 radical (unpaired) electrons. The lowest BCUT2D eigenvalue weighted by Gasteiger charge is -2.29. The van der Waals surface area contributed by atoms with Crippen molar-refractivity contribution in [1.29, 1.82) is 0 Å². The molecule has 0 bridgehead atoms. The Morgan fingerprint density at radius 3 is 2.95 bits per heavy atom. The maximum atomic E-state index is 12.2. The van der Waals surface area contributed by atoms with E-state index in [0.29, 0.717) is 17.7 Å². The summed E-state index contributed by atoms with van der Waals surface area (Å²) < 4.78 is 2.20. The average molecular weight is 322 g/mol. The minimum absolute atomic E-state index is 0.134. The molecule has 1 saturated carbocycles. The maximum Gasteiger partial charge on any atom is 0.230 e. The molecule has 2 heterocycles. The number of fused-ring (bicyclic) bond motifs is 1. The molecule has 1 aromatic heterocycles.